The van der Waals surface area contributed by atoms with E-state index in [9.17, 15) is 4.39 Å². The molecule has 5 heteroatoms. The highest BCUT2D eigenvalue weighted by atomic mass is 19.1. The molecule has 0 aliphatic carbocycles. The summed E-state index contributed by atoms with van der Waals surface area (Å²) >= 11 is 0. The number of ether oxygens (including phenoxy) is 1. The summed E-state index contributed by atoms with van der Waals surface area (Å²) in [4.78, 5) is 0. The van der Waals surface area contributed by atoms with Crippen molar-refractivity contribution in [2.24, 2.45) is 5.73 Å². The van der Waals surface area contributed by atoms with Gasteiger partial charge in [-0.2, -0.15) is 10.2 Å². The lowest BCUT2D eigenvalue weighted by Gasteiger charge is -2.06. The zero-order valence-corrected chi connectivity index (χ0v) is 10.1. The third-order valence-corrected chi connectivity index (χ3v) is 2.46. The molecule has 0 saturated heterocycles. The predicted molar refractivity (Wildman–Crippen MR) is 66.5 cm³/mol. The maximum Gasteiger partial charge on any atom is 0.165 e. The maximum absolute atomic E-state index is 13.7. The van der Waals surface area contributed by atoms with Crippen LogP contribution in [0.15, 0.2) is 30.3 Å². The van der Waals surface area contributed by atoms with Gasteiger partial charge in [-0.3, -0.25) is 0 Å². The first-order valence-electron chi connectivity index (χ1n) is 5.70. The van der Waals surface area contributed by atoms with Crippen molar-refractivity contribution in [3.8, 4) is 17.0 Å². The number of aromatic nitrogens is 2. The Morgan fingerprint density at radius 1 is 1.22 bits per heavy atom. The quantitative estimate of drug-likeness (QED) is 0.899. The Morgan fingerprint density at radius 2 is 2.06 bits per heavy atom. The first-order valence-corrected chi connectivity index (χ1v) is 5.70. The molecule has 2 rings (SSSR count). The highest BCUT2D eigenvalue weighted by molar-refractivity contribution is 5.59. The predicted octanol–water partition coefficient (Wildman–Crippen LogP) is 2.14. The molecule has 2 N–H and O–H groups in total. The first kappa shape index (κ1) is 12.4. The van der Waals surface area contributed by atoms with Gasteiger partial charge in [0.1, 0.15) is 0 Å². The third kappa shape index (κ3) is 2.62. The molecule has 2 aromatic rings. The number of rotatable bonds is 4. The molecule has 0 radical (unpaired) electrons. The molecule has 18 heavy (non-hydrogen) atoms. The molecule has 0 aliphatic rings. The zero-order valence-electron chi connectivity index (χ0n) is 10.1. The lowest BCUT2D eigenvalue weighted by atomic mass is 10.1. The van der Waals surface area contributed by atoms with Gasteiger partial charge in [-0.25, -0.2) is 4.39 Å². The normalized spacial score (nSPS) is 10.4. The fourth-order valence-corrected chi connectivity index (χ4v) is 1.56. The largest absolute Gasteiger partial charge is 0.491 e. The van der Waals surface area contributed by atoms with Gasteiger partial charge in [-0.15, -0.1) is 0 Å². The molecule has 0 saturated carbocycles. The molecule has 1 aromatic carbocycles. The Labute approximate surface area is 105 Å². The summed E-state index contributed by atoms with van der Waals surface area (Å²) in [6.07, 6.45) is 0. The Hall–Kier alpha value is -2.01. The van der Waals surface area contributed by atoms with Crippen LogP contribution in [0.25, 0.3) is 11.3 Å². The van der Waals surface area contributed by atoms with Crippen molar-refractivity contribution in [3.05, 3.63) is 41.8 Å². The van der Waals surface area contributed by atoms with E-state index in [-0.39, 0.29) is 5.75 Å². The summed E-state index contributed by atoms with van der Waals surface area (Å²) in [6, 6.07) is 8.27. The van der Waals surface area contributed by atoms with Crippen molar-refractivity contribution in [2.45, 2.75) is 13.5 Å². The minimum Gasteiger partial charge on any atom is -0.491 e. The number of nitrogens with two attached hydrogens (primary N) is 1. The van der Waals surface area contributed by atoms with Crippen LogP contribution >= 0.6 is 0 Å². The number of nitrogens with zero attached hydrogens (tertiary/aromatic N) is 2. The van der Waals surface area contributed by atoms with Crippen LogP contribution in [-0.4, -0.2) is 16.8 Å². The maximum atomic E-state index is 13.7. The van der Waals surface area contributed by atoms with Gasteiger partial charge >= 0.3 is 0 Å². The van der Waals surface area contributed by atoms with Crippen molar-refractivity contribution in [1.29, 1.82) is 0 Å². The van der Waals surface area contributed by atoms with Crippen LogP contribution in [0, 0.1) is 5.82 Å². The van der Waals surface area contributed by atoms with Gasteiger partial charge in [0.2, 0.25) is 0 Å². The number of hydrogen-bond acceptors (Lipinski definition) is 4. The van der Waals surface area contributed by atoms with E-state index in [0.717, 1.165) is 0 Å². The molecular weight excluding hydrogens is 233 g/mol. The number of hydrogen-bond donors (Lipinski definition) is 1. The summed E-state index contributed by atoms with van der Waals surface area (Å²) < 4.78 is 18.8. The highest BCUT2D eigenvalue weighted by Gasteiger charge is 2.07. The van der Waals surface area contributed by atoms with Crippen molar-refractivity contribution < 1.29 is 9.13 Å². The summed E-state index contributed by atoms with van der Waals surface area (Å²) in [5.74, 6) is -0.160. The second-order valence-electron chi connectivity index (χ2n) is 3.69. The topological polar surface area (TPSA) is 61.0 Å². The SMILES string of the molecule is CCOc1ccc(-c2ccc(CN)nn2)cc1F. The van der Waals surface area contributed by atoms with Crippen LogP contribution in [0.3, 0.4) is 0 Å². The van der Waals surface area contributed by atoms with E-state index >= 15 is 0 Å². The third-order valence-electron chi connectivity index (χ3n) is 2.46. The average molecular weight is 247 g/mol. The van der Waals surface area contributed by atoms with Crippen LogP contribution < -0.4 is 10.5 Å². The van der Waals surface area contributed by atoms with Crippen LogP contribution in [-0.2, 0) is 6.54 Å². The second-order valence-corrected chi connectivity index (χ2v) is 3.69. The van der Waals surface area contributed by atoms with E-state index in [1.807, 2.05) is 6.92 Å². The molecule has 0 amide bonds. The van der Waals surface area contributed by atoms with Gasteiger partial charge in [-0.1, -0.05) is 0 Å². The first-order chi connectivity index (χ1) is 8.74. The van der Waals surface area contributed by atoms with Crippen LogP contribution in [0.1, 0.15) is 12.6 Å². The molecule has 0 spiro atoms. The Morgan fingerprint density at radius 3 is 2.61 bits per heavy atom. The molecule has 0 unspecified atom stereocenters. The van der Waals surface area contributed by atoms with Gasteiger partial charge in [0, 0.05) is 12.1 Å². The van der Waals surface area contributed by atoms with Crippen LogP contribution in [0.4, 0.5) is 4.39 Å². The Bertz CT molecular complexity index is 528. The van der Waals surface area contributed by atoms with Gasteiger partial charge in [0.15, 0.2) is 11.6 Å². The molecule has 4 nitrogen and oxygen atoms in total. The molecule has 1 heterocycles. The van der Waals surface area contributed by atoms with Crippen molar-refractivity contribution >= 4 is 0 Å². The summed E-state index contributed by atoms with van der Waals surface area (Å²) in [5, 5.41) is 7.93. The van der Waals surface area contributed by atoms with Crippen molar-refractivity contribution in [3.63, 3.8) is 0 Å². The summed E-state index contributed by atoms with van der Waals surface area (Å²) in [7, 11) is 0. The fourth-order valence-electron chi connectivity index (χ4n) is 1.56. The number of benzene rings is 1. The molecular formula is C13H14FN3O. The molecule has 0 aliphatic heterocycles. The Kier molecular flexibility index (Phi) is 3.84. The van der Waals surface area contributed by atoms with Gasteiger partial charge in [0.05, 0.1) is 18.0 Å². The van der Waals surface area contributed by atoms with Crippen molar-refractivity contribution in [2.75, 3.05) is 6.61 Å². The summed E-state index contributed by atoms with van der Waals surface area (Å²) in [6.45, 7) is 2.58. The summed E-state index contributed by atoms with van der Waals surface area (Å²) in [5.41, 5.74) is 7.40. The molecule has 0 fully saturated rings. The highest BCUT2D eigenvalue weighted by Crippen LogP contribution is 2.24. The van der Waals surface area contributed by atoms with Crippen molar-refractivity contribution in [1.82, 2.24) is 10.2 Å². The van der Waals surface area contributed by atoms with E-state index in [2.05, 4.69) is 10.2 Å². The van der Waals surface area contributed by atoms with E-state index in [4.69, 9.17) is 10.5 Å². The minimum absolute atomic E-state index is 0.243. The lowest BCUT2D eigenvalue weighted by molar-refractivity contribution is 0.321. The molecule has 94 valence electrons. The average Bonchev–Trinajstić information content (AvgIpc) is 2.41. The van der Waals surface area contributed by atoms with Crippen LogP contribution in [0.5, 0.6) is 5.75 Å². The monoisotopic (exact) mass is 247 g/mol. The van der Waals surface area contributed by atoms with Gasteiger partial charge < -0.3 is 10.5 Å². The van der Waals surface area contributed by atoms with E-state index in [0.29, 0.717) is 30.1 Å². The Balaban J connectivity index is 2.30. The van der Waals surface area contributed by atoms with E-state index in [1.165, 1.54) is 6.07 Å². The van der Waals surface area contributed by atoms with Gasteiger partial charge in [0.25, 0.3) is 0 Å². The van der Waals surface area contributed by atoms with E-state index in [1.54, 1.807) is 24.3 Å². The zero-order chi connectivity index (χ0) is 13.0. The standard InChI is InChI=1S/C13H14FN3O/c1-2-18-13-6-3-9(7-11(13)14)12-5-4-10(8-15)16-17-12/h3-7H,2,8,15H2,1H3. The molecule has 0 bridgehead atoms. The van der Waals surface area contributed by atoms with E-state index < -0.39 is 5.82 Å². The molecule has 1 aromatic heterocycles. The van der Waals surface area contributed by atoms with Crippen LogP contribution in [0.2, 0.25) is 0 Å². The van der Waals surface area contributed by atoms with Gasteiger partial charge in [-0.05, 0) is 37.3 Å². The second kappa shape index (κ2) is 5.55. The minimum atomic E-state index is -0.404. The number of halogens is 1. The molecule has 0 atom stereocenters. The fraction of sp³-hybridized carbons (Fsp3) is 0.231. The smallest absolute Gasteiger partial charge is 0.165 e. The lowest BCUT2D eigenvalue weighted by Crippen LogP contribution is -2.01.